The first kappa shape index (κ1) is 14.4. The van der Waals surface area contributed by atoms with Crippen LogP contribution in [0.3, 0.4) is 0 Å². The maximum atomic E-state index is 11.5. The summed E-state index contributed by atoms with van der Waals surface area (Å²) in [5, 5.41) is 4.92. The topological polar surface area (TPSA) is 67.8 Å². The molecule has 2 heterocycles. The van der Waals surface area contributed by atoms with E-state index in [-0.39, 0.29) is 12.5 Å². The lowest BCUT2D eigenvalue weighted by Gasteiger charge is -2.14. The van der Waals surface area contributed by atoms with Crippen molar-refractivity contribution in [1.29, 1.82) is 0 Å². The fourth-order valence-corrected chi connectivity index (χ4v) is 2.68. The number of aromatic nitrogens is 1. The summed E-state index contributed by atoms with van der Waals surface area (Å²) in [6.07, 6.45) is 1.77. The maximum Gasteiger partial charge on any atom is 0.353 e. The van der Waals surface area contributed by atoms with Crippen LogP contribution in [0.25, 0.3) is 11.1 Å². The summed E-state index contributed by atoms with van der Waals surface area (Å²) in [6.45, 7) is 0.118. The highest BCUT2D eigenvalue weighted by molar-refractivity contribution is 5.77. The van der Waals surface area contributed by atoms with E-state index in [0.717, 1.165) is 34.1 Å². The number of quaternary nitrogens is 1. The van der Waals surface area contributed by atoms with Crippen LogP contribution >= 0.6 is 0 Å². The molecule has 0 bridgehead atoms. The molecule has 5 nitrogen and oxygen atoms in total. The number of rotatable bonds is 3. The molecule has 1 aliphatic heterocycles. The van der Waals surface area contributed by atoms with Crippen LogP contribution < -0.4 is 15.4 Å². The van der Waals surface area contributed by atoms with Gasteiger partial charge in [0.05, 0.1) is 0 Å². The van der Waals surface area contributed by atoms with Crippen LogP contribution in [-0.2, 0) is 4.79 Å². The monoisotopic (exact) mass is 318 g/mol. The summed E-state index contributed by atoms with van der Waals surface area (Å²) < 4.78 is 5.42. The van der Waals surface area contributed by atoms with Gasteiger partial charge in [-0.1, -0.05) is 24.3 Å². The van der Waals surface area contributed by atoms with E-state index in [9.17, 15) is 4.79 Å². The molecule has 1 aliphatic rings. The molecule has 1 amide bonds. The second-order valence-electron chi connectivity index (χ2n) is 5.57. The predicted molar refractivity (Wildman–Crippen MR) is 91.5 cm³/mol. The Kier molecular flexibility index (Phi) is 3.69. The molecule has 118 valence electrons. The lowest BCUT2D eigenvalue weighted by atomic mass is 10.1. The molecule has 4 rings (SSSR count). The molecule has 1 aromatic heterocycles. The average Bonchev–Trinajstić information content (AvgIpc) is 2.62. The van der Waals surface area contributed by atoms with Gasteiger partial charge >= 0.3 is 5.91 Å². The third-order valence-electron chi connectivity index (χ3n) is 3.84. The predicted octanol–water partition coefficient (Wildman–Crippen LogP) is 2.61. The molecular formula is C19H16N3O2+. The normalized spacial score (nSPS) is 13.1. The molecule has 5 heteroatoms. The number of anilines is 2. The number of hydrogen-bond acceptors (Lipinski definition) is 4. The fourth-order valence-electron chi connectivity index (χ4n) is 2.68. The van der Waals surface area contributed by atoms with E-state index in [1.165, 1.54) is 0 Å². The number of nitrogens with one attached hydrogen (secondary N) is 1. The van der Waals surface area contributed by atoms with E-state index in [4.69, 9.17) is 4.74 Å². The molecule has 0 unspecified atom stereocenters. The van der Waals surface area contributed by atoms with Crippen LogP contribution in [0, 0.1) is 0 Å². The molecule has 0 atom stereocenters. The van der Waals surface area contributed by atoms with E-state index in [0.29, 0.717) is 0 Å². The van der Waals surface area contributed by atoms with Crippen molar-refractivity contribution < 1.29 is 14.8 Å². The van der Waals surface area contributed by atoms with Crippen molar-refractivity contribution in [3.8, 4) is 16.9 Å². The number of pyridine rings is 1. The molecule has 0 radical (unpaired) electrons. The number of ether oxygens (including phenoxy) is 1. The number of nitrogens with zero attached hydrogens (tertiary/aromatic N) is 1. The maximum absolute atomic E-state index is 11.5. The Morgan fingerprint density at radius 2 is 1.83 bits per heavy atom. The van der Waals surface area contributed by atoms with Gasteiger partial charge in [0.15, 0.2) is 11.4 Å². The number of hydrogen-bond donors (Lipinski definition) is 2. The van der Waals surface area contributed by atoms with Crippen molar-refractivity contribution in [3.63, 3.8) is 0 Å². The zero-order valence-electron chi connectivity index (χ0n) is 12.9. The van der Waals surface area contributed by atoms with Gasteiger partial charge in [-0.05, 0) is 41.5 Å². The molecule has 0 saturated carbocycles. The van der Waals surface area contributed by atoms with Crippen molar-refractivity contribution >= 4 is 23.1 Å². The van der Waals surface area contributed by atoms with Crippen molar-refractivity contribution in [1.82, 2.24) is 4.98 Å². The smallest absolute Gasteiger partial charge is 0.353 e. The number of para-hydroxylation sites is 1. The van der Waals surface area contributed by atoms with Crippen LogP contribution in [0.15, 0.2) is 66.9 Å². The highest BCUT2D eigenvalue weighted by Gasteiger charge is 2.21. The second-order valence-corrected chi connectivity index (χ2v) is 5.57. The standard InChI is InChI=1S/C19H15N3O2/c23-19-12-24-17-7-6-13(10-16(17)22-19)14-8-9-20-18(11-14)21-15-4-2-1-3-5-15/h1-11H,12H2,(H,20,21)(H,22,23)/p+1. The summed E-state index contributed by atoms with van der Waals surface area (Å²) >= 11 is 0. The molecular weight excluding hydrogens is 302 g/mol. The molecule has 2 aromatic carbocycles. The minimum absolute atomic E-state index is 0.0131. The van der Waals surface area contributed by atoms with Gasteiger partial charge in [-0.2, -0.15) is 0 Å². The van der Waals surface area contributed by atoms with E-state index in [2.05, 4.69) is 10.3 Å². The third kappa shape index (κ3) is 2.98. The Labute approximate surface area is 139 Å². The van der Waals surface area contributed by atoms with Gasteiger partial charge < -0.3 is 10.1 Å². The molecule has 0 aliphatic carbocycles. The largest absolute Gasteiger partial charge is 0.473 e. The van der Waals surface area contributed by atoms with Gasteiger partial charge in [0, 0.05) is 18.0 Å². The van der Waals surface area contributed by atoms with Gasteiger partial charge in [-0.15, -0.1) is 0 Å². The van der Waals surface area contributed by atoms with Crippen LogP contribution in [0.1, 0.15) is 0 Å². The van der Waals surface area contributed by atoms with Crippen LogP contribution in [0.4, 0.5) is 17.2 Å². The van der Waals surface area contributed by atoms with Crippen molar-refractivity contribution in [3.05, 3.63) is 66.9 Å². The van der Waals surface area contributed by atoms with Crippen molar-refractivity contribution in [2.24, 2.45) is 0 Å². The van der Waals surface area contributed by atoms with Gasteiger partial charge in [-0.3, -0.25) is 0 Å². The summed E-state index contributed by atoms with van der Waals surface area (Å²) in [5.41, 5.74) is 3.84. The van der Waals surface area contributed by atoms with E-state index >= 15 is 0 Å². The highest BCUT2D eigenvalue weighted by Crippen LogP contribution is 2.30. The molecule has 3 aromatic rings. The van der Waals surface area contributed by atoms with Crippen LogP contribution in [0.2, 0.25) is 0 Å². The van der Waals surface area contributed by atoms with E-state index in [1.807, 2.05) is 60.7 Å². The number of primary amides is 1. The van der Waals surface area contributed by atoms with Gasteiger partial charge in [0.25, 0.3) is 0 Å². The van der Waals surface area contributed by atoms with E-state index < -0.39 is 0 Å². The number of benzene rings is 2. The Morgan fingerprint density at radius 3 is 2.71 bits per heavy atom. The minimum Gasteiger partial charge on any atom is -0.473 e. The average molecular weight is 318 g/mol. The number of nitrogens with two attached hydrogens (primary N) is 1. The summed E-state index contributed by atoms with van der Waals surface area (Å²) in [5.74, 6) is 1.50. The first-order valence-electron chi connectivity index (χ1n) is 7.71. The van der Waals surface area contributed by atoms with Gasteiger partial charge in [0.1, 0.15) is 5.82 Å². The van der Waals surface area contributed by atoms with Crippen LogP contribution in [0.5, 0.6) is 5.75 Å². The van der Waals surface area contributed by atoms with Crippen LogP contribution in [-0.4, -0.2) is 17.5 Å². The van der Waals surface area contributed by atoms with Crippen molar-refractivity contribution in [2.45, 2.75) is 0 Å². The number of carbonyl (C=O) groups is 1. The lowest BCUT2D eigenvalue weighted by molar-refractivity contribution is -0.490. The fraction of sp³-hybridized carbons (Fsp3) is 0.0526. The molecule has 0 spiro atoms. The zero-order chi connectivity index (χ0) is 16.4. The number of amides is 1. The minimum atomic E-state index is -0.0131. The number of carbonyl (C=O) groups excluding carboxylic acids is 1. The Bertz CT molecular complexity index is 894. The Hall–Kier alpha value is -3.18. The Balaban J connectivity index is 1.64. The highest BCUT2D eigenvalue weighted by atomic mass is 16.5. The van der Waals surface area contributed by atoms with Crippen molar-refractivity contribution in [2.75, 3.05) is 11.9 Å². The third-order valence-corrected chi connectivity index (χ3v) is 3.84. The molecule has 0 fully saturated rings. The van der Waals surface area contributed by atoms with Gasteiger partial charge in [0.2, 0.25) is 6.61 Å². The van der Waals surface area contributed by atoms with E-state index in [1.54, 1.807) is 11.5 Å². The SMILES string of the molecule is O=C1COc2ccc(-c3ccnc(Nc4ccccc4)c3)cc2[NH2+]1. The van der Waals surface area contributed by atoms with Gasteiger partial charge in [-0.25, -0.2) is 15.1 Å². The first-order chi connectivity index (χ1) is 11.8. The molecule has 0 saturated heterocycles. The summed E-state index contributed by atoms with van der Waals surface area (Å²) in [4.78, 5) is 15.9. The lowest BCUT2D eigenvalue weighted by Crippen LogP contribution is -2.85. The first-order valence-corrected chi connectivity index (χ1v) is 7.71. The number of fused-ring (bicyclic) bond motifs is 1. The molecule has 3 N–H and O–H groups in total. The summed E-state index contributed by atoms with van der Waals surface area (Å²) in [7, 11) is 0. The Morgan fingerprint density at radius 1 is 1.00 bits per heavy atom. The second kappa shape index (κ2) is 6.14. The summed E-state index contributed by atoms with van der Waals surface area (Å²) in [6, 6.07) is 19.7. The quantitative estimate of drug-likeness (QED) is 0.729. The zero-order valence-corrected chi connectivity index (χ0v) is 12.9. The molecule has 24 heavy (non-hydrogen) atoms.